The van der Waals surface area contributed by atoms with Gasteiger partial charge in [-0.3, -0.25) is 11.7 Å². The van der Waals surface area contributed by atoms with Crippen LogP contribution in [0.15, 0.2) is 60.7 Å². The van der Waals surface area contributed by atoms with E-state index >= 15 is 0 Å². The van der Waals surface area contributed by atoms with Crippen LogP contribution in [0.1, 0.15) is 17.2 Å². The third kappa shape index (κ3) is 3.65. The maximum atomic E-state index is 9.18. The van der Waals surface area contributed by atoms with E-state index in [1.807, 2.05) is 60.7 Å². The van der Waals surface area contributed by atoms with E-state index in [0.29, 0.717) is 0 Å². The van der Waals surface area contributed by atoms with Crippen molar-refractivity contribution in [2.45, 2.75) is 6.04 Å². The summed E-state index contributed by atoms with van der Waals surface area (Å²) in [6.07, 6.45) is 0. The molecule has 2 rings (SSSR count). The molecule has 2 aromatic rings. The van der Waals surface area contributed by atoms with E-state index in [-0.39, 0.29) is 6.04 Å². The van der Waals surface area contributed by atoms with Gasteiger partial charge in [0.25, 0.3) is 0 Å². The molecule has 0 heterocycles. The molecule has 0 atom stereocenters. The lowest BCUT2D eigenvalue weighted by atomic mass is 10.00. The zero-order valence-electron chi connectivity index (χ0n) is 9.45. The molecule has 90 valence electrons. The van der Waals surface area contributed by atoms with Crippen molar-refractivity contribution in [1.29, 1.82) is 0 Å². The maximum absolute atomic E-state index is 9.18. The topological polar surface area (TPSA) is 84.3 Å². The Labute approximate surface area is 101 Å². The van der Waals surface area contributed by atoms with Crippen LogP contribution in [0.2, 0.25) is 0 Å². The molecular formula is C13H17N3O. The number of nitrogens with one attached hydrogen (secondary N) is 1. The Kier molecular flexibility index (Phi) is 5.92. The molecule has 0 aliphatic rings. The predicted molar refractivity (Wildman–Crippen MR) is 68.0 cm³/mol. The smallest absolute Gasteiger partial charge is 0.0819 e. The average molecular weight is 231 g/mol. The van der Waals surface area contributed by atoms with Gasteiger partial charge in [0.05, 0.1) is 6.04 Å². The van der Waals surface area contributed by atoms with Gasteiger partial charge < -0.3 is 5.21 Å². The van der Waals surface area contributed by atoms with Crippen LogP contribution in [0.4, 0.5) is 0 Å². The highest BCUT2D eigenvalue weighted by Gasteiger charge is 2.11. The van der Waals surface area contributed by atoms with Crippen molar-refractivity contribution in [2.75, 3.05) is 0 Å². The van der Waals surface area contributed by atoms with Crippen molar-refractivity contribution in [3.05, 3.63) is 71.8 Å². The van der Waals surface area contributed by atoms with Crippen LogP contribution in [0.3, 0.4) is 0 Å². The number of rotatable bonds is 3. The maximum Gasteiger partial charge on any atom is 0.0819 e. The van der Waals surface area contributed by atoms with Crippen molar-refractivity contribution in [1.82, 2.24) is 5.48 Å². The second-order valence-corrected chi connectivity index (χ2v) is 3.38. The SMILES string of the molecule is NN.ONC(c1ccccc1)c1ccccc1. The zero-order valence-corrected chi connectivity index (χ0v) is 9.45. The number of hydrazine groups is 1. The molecule has 4 nitrogen and oxygen atoms in total. The van der Waals surface area contributed by atoms with Crippen molar-refractivity contribution in [3.8, 4) is 0 Å². The molecule has 0 fully saturated rings. The summed E-state index contributed by atoms with van der Waals surface area (Å²) in [5.74, 6) is 8.00. The van der Waals surface area contributed by atoms with E-state index in [9.17, 15) is 5.21 Å². The van der Waals surface area contributed by atoms with E-state index in [4.69, 9.17) is 0 Å². The standard InChI is InChI=1S/C13H13NO.H4N2/c15-14-13(11-7-3-1-4-8-11)12-9-5-2-6-10-12;1-2/h1-10,13-15H;1-2H2. The first-order chi connectivity index (χ1) is 8.42. The summed E-state index contributed by atoms with van der Waals surface area (Å²) in [4.78, 5) is 0. The highest BCUT2D eigenvalue weighted by molar-refractivity contribution is 5.30. The van der Waals surface area contributed by atoms with Crippen LogP contribution < -0.4 is 17.2 Å². The molecule has 0 aromatic heterocycles. The van der Waals surface area contributed by atoms with Crippen molar-refractivity contribution in [3.63, 3.8) is 0 Å². The number of nitrogens with two attached hydrogens (primary N) is 2. The van der Waals surface area contributed by atoms with Crippen molar-refractivity contribution < 1.29 is 5.21 Å². The van der Waals surface area contributed by atoms with E-state index in [0.717, 1.165) is 11.1 Å². The third-order valence-electron chi connectivity index (χ3n) is 2.39. The lowest BCUT2D eigenvalue weighted by molar-refractivity contribution is 0.141. The Bertz CT molecular complexity index is 366. The Hall–Kier alpha value is -1.72. The van der Waals surface area contributed by atoms with Crippen LogP contribution in [0, 0.1) is 0 Å². The van der Waals surface area contributed by atoms with Crippen molar-refractivity contribution >= 4 is 0 Å². The Morgan fingerprint density at radius 1 is 0.765 bits per heavy atom. The molecule has 0 aliphatic carbocycles. The van der Waals surface area contributed by atoms with Gasteiger partial charge in [0, 0.05) is 0 Å². The number of benzene rings is 2. The first-order valence-corrected chi connectivity index (χ1v) is 5.24. The molecule has 4 heteroatoms. The zero-order chi connectivity index (χ0) is 12.5. The van der Waals surface area contributed by atoms with Gasteiger partial charge in [-0.15, -0.1) is 0 Å². The monoisotopic (exact) mass is 231 g/mol. The largest absolute Gasteiger partial charge is 0.316 e. The van der Waals surface area contributed by atoms with Gasteiger partial charge in [-0.1, -0.05) is 60.7 Å². The first-order valence-electron chi connectivity index (χ1n) is 5.24. The number of hydrogen-bond donors (Lipinski definition) is 4. The van der Waals surface area contributed by atoms with Gasteiger partial charge in [0.1, 0.15) is 0 Å². The lowest BCUT2D eigenvalue weighted by Gasteiger charge is -2.15. The van der Waals surface area contributed by atoms with Gasteiger partial charge in [0.2, 0.25) is 0 Å². The fourth-order valence-electron chi connectivity index (χ4n) is 1.63. The lowest BCUT2D eigenvalue weighted by Crippen LogP contribution is -2.17. The van der Waals surface area contributed by atoms with Crippen molar-refractivity contribution in [2.24, 2.45) is 11.7 Å². The average Bonchev–Trinajstić information content (AvgIpc) is 2.44. The summed E-state index contributed by atoms with van der Waals surface area (Å²) in [5.41, 5.74) is 4.43. The molecule has 0 amide bonds. The van der Waals surface area contributed by atoms with Crippen LogP contribution in [-0.2, 0) is 0 Å². The molecular weight excluding hydrogens is 214 g/mol. The summed E-state index contributed by atoms with van der Waals surface area (Å²) in [7, 11) is 0. The van der Waals surface area contributed by atoms with E-state index in [1.54, 1.807) is 0 Å². The molecule has 0 saturated heterocycles. The van der Waals surface area contributed by atoms with Crippen LogP contribution >= 0.6 is 0 Å². The summed E-state index contributed by atoms with van der Waals surface area (Å²) in [6, 6.07) is 19.6. The minimum absolute atomic E-state index is 0.160. The van der Waals surface area contributed by atoms with Crippen LogP contribution in [0.5, 0.6) is 0 Å². The minimum atomic E-state index is -0.160. The summed E-state index contributed by atoms with van der Waals surface area (Å²) >= 11 is 0. The van der Waals surface area contributed by atoms with Gasteiger partial charge >= 0.3 is 0 Å². The fourth-order valence-corrected chi connectivity index (χ4v) is 1.63. The number of hydroxylamine groups is 1. The molecule has 0 radical (unpaired) electrons. The molecule has 0 saturated carbocycles. The Balaban J connectivity index is 0.000000686. The minimum Gasteiger partial charge on any atom is -0.316 e. The predicted octanol–water partition coefficient (Wildman–Crippen LogP) is 1.57. The normalized spacial score (nSPS) is 9.65. The van der Waals surface area contributed by atoms with Crippen LogP contribution in [0.25, 0.3) is 0 Å². The molecule has 17 heavy (non-hydrogen) atoms. The summed E-state index contributed by atoms with van der Waals surface area (Å²) in [6.45, 7) is 0. The summed E-state index contributed by atoms with van der Waals surface area (Å²) < 4.78 is 0. The van der Waals surface area contributed by atoms with Gasteiger partial charge in [-0.25, -0.2) is 0 Å². The second kappa shape index (κ2) is 7.54. The Morgan fingerprint density at radius 3 is 1.41 bits per heavy atom. The van der Waals surface area contributed by atoms with E-state index in [1.165, 1.54) is 0 Å². The highest BCUT2D eigenvalue weighted by atomic mass is 16.5. The first kappa shape index (κ1) is 13.3. The van der Waals surface area contributed by atoms with Crippen LogP contribution in [-0.4, -0.2) is 5.21 Å². The number of hydrogen-bond acceptors (Lipinski definition) is 4. The molecule has 0 aliphatic heterocycles. The quantitative estimate of drug-likeness (QED) is 0.477. The molecule has 6 N–H and O–H groups in total. The highest BCUT2D eigenvalue weighted by Crippen LogP contribution is 2.20. The molecule has 0 spiro atoms. The van der Waals surface area contributed by atoms with E-state index < -0.39 is 0 Å². The molecule has 2 aromatic carbocycles. The molecule has 0 bridgehead atoms. The van der Waals surface area contributed by atoms with Gasteiger partial charge in [-0.2, -0.15) is 5.48 Å². The molecule has 0 unspecified atom stereocenters. The van der Waals surface area contributed by atoms with Gasteiger partial charge in [0.15, 0.2) is 0 Å². The fraction of sp³-hybridized carbons (Fsp3) is 0.0769. The third-order valence-corrected chi connectivity index (χ3v) is 2.39. The summed E-state index contributed by atoms with van der Waals surface area (Å²) in [5, 5.41) is 9.18. The van der Waals surface area contributed by atoms with Gasteiger partial charge in [-0.05, 0) is 11.1 Å². The Morgan fingerprint density at radius 2 is 1.12 bits per heavy atom. The second-order valence-electron chi connectivity index (χ2n) is 3.38. The van der Waals surface area contributed by atoms with E-state index in [2.05, 4.69) is 17.2 Å².